The third-order valence-corrected chi connectivity index (χ3v) is 9.15. The quantitative estimate of drug-likeness (QED) is 0.143. The minimum absolute atomic E-state index is 0. The van der Waals surface area contributed by atoms with E-state index in [0.717, 1.165) is 62.4 Å². The number of hydrogen-bond donors (Lipinski definition) is 0. The van der Waals surface area contributed by atoms with Gasteiger partial charge in [0.2, 0.25) is 0 Å². The van der Waals surface area contributed by atoms with Gasteiger partial charge in [-0.25, -0.2) is 4.98 Å². The molecule has 3 heterocycles. The second kappa shape index (κ2) is 13.8. The summed E-state index contributed by atoms with van der Waals surface area (Å²) in [4.78, 5) is 4.86. The van der Waals surface area contributed by atoms with Crippen molar-refractivity contribution in [3.8, 4) is 34.1 Å². The van der Waals surface area contributed by atoms with Gasteiger partial charge in [-0.05, 0) is 78.1 Å². The Hall–Kier alpha value is -4.47. The molecule has 0 saturated carbocycles. The number of rotatable bonds is 8. The SMILES string of the molecule is CCCCc1ccc2c(c1)c1ccc(Oc3[c-]c(-n4nc(C)c(-c5ccccc5)c4C)cc(C)c3)[c-]c1n2-c1cc(C(C)(C)C)ccn1.[Pt+2]. The summed E-state index contributed by atoms with van der Waals surface area (Å²) in [6.07, 6.45) is 5.32. The van der Waals surface area contributed by atoms with Gasteiger partial charge in [-0.15, -0.1) is 35.7 Å². The Bertz CT molecular complexity index is 2270. The number of nitrogens with zero attached hydrogens (tertiary/aromatic N) is 4. The number of ether oxygens (including phenoxy) is 1. The average Bonchev–Trinajstić information content (AvgIpc) is 3.55. The molecule has 5 nitrogen and oxygen atoms in total. The van der Waals surface area contributed by atoms with E-state index in [1.165, 1.54) is 29.4 Å². The first-order chi connectivity index (χ1) is 23.1. The molecular formula is C43H42N4OPt. The molecule has 250 valence electrons. The van der Waals surface area contributed by atoms with Gasteiger partial charge in [0, 0.05) is 34.5 Å². The van der Waals surface area contributed by atoms with E-state index in [9.17, 15) is 0 Å². The first kappa shape index (κ1) is 34.4. The van der Waals surface area contributed by atoms with Crippen molar-refractivity contribution in [3.05, 3.63) is 131 Å². The maximum atomic E-state index is 6.55. The van der Waals surface area contributed by atoms with Gasteiger partial charge in [0.25, 0.3) is 0 Å². The number of hydrogen-bond acceptors (Lipinski definition) is 3. The van der Waals surface area contributed by atoms with Crippen molar-refractivity contribution in [2.24, 2.45) is 0 Å². The summed E-state index contributed by atoms with van der Waals surface area (Å²) in [7, 11) is 0. The van der Waals surface area contributed by atoms with Gasteiger partial charge in [0.15, 0.2) is 0 Å². The molecule has 0 fully saturated rings. The van der Waals surface area contributed by atoms with Gasteiger partial charge in [-0.3, -0.25) is 4.68 Å². The molecule has 4 aromatic carbocycles. The molecule has 0 aliphatic carbocycles. The van der Waals surface area contributed by atoms with Crippen LogP contribution in [0.3, 0.4) is 0 Å². The van der Waals surface area contributed by atoms with Gasteiger partial charge >= 0.3 is 21.1 Å². The number of aryl methyl sites for hydroxylation is 3. The van der Waals surface area contributed by atoms with Crippen LogP contribution in [-0.2, 0) is 32.9 Å². The predicted octanol–water partition coefficient (Wildman–Crippen LogP) is 11.0. The Morgan fingerprint density at radius 2 is 1.61 bits per heavy atom. The Morgan fingerprint density at radius 3 is 2.37 bits per heavy atom. The maximum Gasteiger partial charge on any atom is 2.00 e. The zero-order valence-corrected chi connectivity index (χ0v) is 31.6. The van der Waals surface area contributed by atoms with Crippen molar-refractivity contribution in [2.45, 2.75) is 73.1 Å². The fourth-order valence-corrected chi connectivity index (χ4v) is 6.66. The Balaban J connectivity index is 0.00000417. The summed E-state index contributed by atoms with van der Waals surface area (Å²) in [6.45, 7) is 15.2. The van der Waals surface area contributed by atoms with E-state index < -0.39 is 0 Å². The summed E-state index contributed by atoms with van der Waals surface area (Å²) in [5.74, 6) is 2.11. The first-order valence-electron chi connectivity index (χ1n) is 16.9. The molecule has 7 rings (SSSR count). The number of benzene rings is 4. The Morgan fingerprint density at radius 1 is 0.816 bits per heavy atom. The Labute approximate surface area is 304 Å². The number of fused-ring (bicyclic) bond motifs is 3. The van der Waals surface area contributed by atoms with Crippen LogP contribution < -0.4 is 4.74 Å². The van der Waals surface area contributed by atoms with E-state index in [0.29, 0.717) is 11.5 Å². The van der Waals surface area contributed by atoms with Crippen molar-refractivity contribution in [1.29, 1.82) is 0 Å². The van der Waals surface area contributed by atoms with Crippen LogP contribution in [-0.4, -0.2) is 19.3 Å². The molecule has 0 spiro atoms. The topological polar surface area (TPSA) is 44.9 Å². The van der Waals surface area contributed by atoms with Crippen molar-refractivity contribution in [3.63, 3.8) is 0 Å². The fourth-order valence-electron chi connectivity index (χ4n) is 6.66. The summed E-state index contributed by atoms with van der Waals surface area (Å²) >= 11 is 0. The van der Waals surface area contributed by atoms with Gasteiger partial charge < -0.3 is 9.30 Å². The summed E-state index contributed by atoms with van der Waals surface area (Å²) in [5.41, 5.74) is 10.9. The second-order valence-electron chi connectivity index (χ2n) is 13.9. The van der Waals surface area contributed by atoms with Crippen molar-refractivity contribution in [1.82, 2.24) is 19.3 Å². The number of unbranched alkanes of at least 4 members (excludes halogenated alkanes) is 1. The zero-order valence-electron chi connectivity index (χ0n) is 29.3. The predicted molar refractivity (Wildman–Crippen MR) is 197 cm³/mol. The molecule has 0 aliphatic heterocycles. The van der Waals surface area contributed by atoms with E-state index in [-0.39, 0.29) is 26.5 Å². The minimum Gasteiger partial charge on any atom is -0.509 e. The number of pyridine rings is 1. The summed E-state index contributed by atoms with van der Waals surface area (Å²) < 4.78 is 10.7. The zero-order chi connectivity index (χ0) is 33.6. The third-order valence-electron chi connectivity index (χ3n) is 9.15. The largest absolute Gasteiger partial charge is 2.00 e. The van der Waals surface area contributed by atoms with Crippen LogP contribution in [0, 0.1) is 32.9 Å². The van der Waals surface area contributed by atoms with E-state index in [4.69, 9.17) is 14.8 Å². The van der Waals surface area contributed by atoms with Crippen molar-refractivity contribution < 1.29 is 25.8 Å². The monoisotopic (exact) mass is 825 g/mol. The second-order valence-corrected chi connectivity index (χ2v) is 13.9. The van der Waals surface area contributed by atoms with Gasteiger partial charge in [0.1, 0.15) is 5.82 Å². The summed E-state index contributed by atoms with van der Waals surface area (Å²) in [5, 5.41) is 7.25. The maximum absolute atomic E-state index is 6.55. The van der Waals surface area contributed by atoms with Crippen molar-refractivity contribution >= 4 is 21.8 Å². The summed E-state index contributed by atoms with van der Waals surface area (Å²) in [6, 6.07) is 36.9. The molecular weight excluding hydrogens is 784 g/mol. The van der Waals surface area contributed by atoms with Crippen LogP contribution in [0.2, 0.25) is 0 Å². The average molecular weight is 826 g/mol. The first-order valence-corrected chi connectivity index (χ1v) is 16.9. The molecule has 0 N–H and O–H groups in total. The number of aromatic nitrogens is 4. The third kappa shape index (κ3) is 6.74. The minimum atomic E-state index is -0.00615. The molecule has 0 saturated heterocycles. The molecule has 7 aromatic rings. The smallest absolute Gasteiger partial charge is 0.509 e. The van der Waals surface area contributed by atoms with Gasteiger partial charge in [-0.1, -0.05) is 89.0 Å². The normalized spacial score (nSPS) is 11.7. The van der Waals surface area contributed by atoms with E-state index in [1.54, 1.807) is 0 Å². The molecule has 49 heavy (non-hydrogen) atoms. The molecule has 0 amide bonds. The molecule has 0 aliphatic rings. The van der Waals surface area contributed by atoms with Gasteiger partial charge in [0.05, 0.1) is 5.69 Å². The van der Waals surface area contributed by atoms with Crippen LogP contribution >= 0.6 is 0 Å². The molecule has 0 atom stereocenters. The molecule has 6 heteroatoms. The standard InChI is InChI=1S/C43H42N4O.Pt/c1-8-9-13-31-16-19-39-38(24-31)37-18-17-35(27-40(37)46(39)41-25-33(20-21-44-41)43(5,6)7)48-36-23-28(2)22-34(26-36)47-30(4)42(29(3)45-47)32-14-11-10-12-15-32;/h10-12,14-25H,8-9,13H2,1-7H3;/q-2;+2. The Kier molecular flexibility index (Phi) is 9.69. The van der Waals surface area contributed by atoms with Crippen LogP contribution in [0.4, 0.5) is 0 Å². The molecule has 0 bridgehead atoms. The molecule has 0 unspecified atom stereocenters. The van der Waals surface area contributed by atoms with Crippen LogP contribution in [0.1, 0.15) is 68.6 Å². The molecule has 0 radical (unpaired) electrons. The van der Waals surface area contributed by atoms with E-state index >= 15 is 0 Å². The van der Waals surface area contributed by atoms with Gasteiger partial charge in [-0.2, -0.15) is 16.7 Å². The van der Waals surface area contributed by atoms with Crippen LogP contribution in [0.5, 0.6) is 11.5 Å². The van der Waals surface area contributed by atoms with Crippen LogP contribution in [0.15, 0.2) is 91.1 Å². The fraction of sp³-hybridized carbons (Fsp3) is 0.256. The van der Waals surface area contributed by atoms with Crippen molar-refractivity contribution in [2.75, 3.05) is 0 Å². The molecule has 3 aromatic heterocycles. The van der Waals surface area contributed by atoms with Crippen LogP contribution in [0.25, 0.3) is 44.4 Å². The van der Waals surface area contributed by atoms with E-state index in [1.807, 2.05) is 29.1 Å². The van der Waals surface area contributed by atoms with E-state index in [2.05, 4.69) is 132 Å².